The SMILES string of the molecule is CC(C)OC(=O)NS(=O)(=O)N(CCO)C1CC1. The first-order chi connectivity index (χ1) is 7.86. The number of ether oxygens (including phenoxy) is 1. The van der Waals surface area contributed by atoms with E-state index in [4.69, 9.17) is 9.84 Å². The van der Waals surface area contributed by atoms with E-state index in [1.165, 1.54) is 0 Å². The maximum Gasteiger partial charge on any atom is 0.422 e. The smallest absolute Gasteiger partial charge is 0.422 e. The van der Waals surface area contributed by atoms with Crippen LogP contribution in [0.5, 0.6) is 0 Å². The summed E-state index contributed by atoms with van der Waals surface area (Å²) in [7, 11) is -3.92. The Hall–Kier alpha value is -0.860. The zero-order valence-electron chi connectivity index (χ0n) is 9.92. The molecule has 1 fully saturated rings. The first-order valence-electron chi connectivity index (χ1n) is 5.48. The van der Waals surface area contributed by atoms with Crippen molar-refractivity contribution < 1.29 is 23.1 Å². The number of carbonyl (C=O) groups excluding carboxylic acids is 1. The van der Waals surface area contributed by atoms with Gasteiger partial charge < -0.3 is 9.84 Å². The van der Waals surface area contributed by atoms with Crippen LogP contribution in [0.15, 0.2) is 0 Å². The molecule has 8 heteroatoms. The third kappa shape index (κ3) is 4.49. The molecule has 7 nitrogen and oxygen atoms in total. The van der Waals surface area contributed by atoms with Crippen molar-refractivity contribution in [2.24, 2.45) is 0 Å². The second kappa shape index (κ2) is 5.65. The van der Waals surface area contributed by atoms with Crippen LogP contribution in [0.1, 0.15) is 26.7 Å². The molecule has 0 unspecified atom stereocenters. The number of aliphatic hydroxyl groups excluding tert-OH is 1. The largest absolute Gasteiger partial charge is 0.446 e. The van der Waals surface area contributed by atoms with Gasteiger partial charge in [0.05, 0.1) is 12.7 Å². The van der Waals surface area contributed by atoms with Crippen molar-refractivity contribution in [1.29, 1.82) is 0 Å². The number of rotatable bonds is 6. The highest BCUT2D eigenvalue weighted by molar-refractivity contribution is 7.87. The second-order valence-electron chi connectivity index (χ2n) is 4.13. The van der Waals surface area contributed by atoms with Crippen LogP contribution in [0.4, 0.5) is 4.79 Å². The predicted octanol–water partition coefficient (Wildman–Crippen LogP) is -0.178. The third-order valence-electron chi connectivity index (χ3n) is 2.14. The minimum Gasteiger partial charge on any atom is -0.446 e. The Balaban J connectivity index is 2.62. The second-order valence-corrected chi connectivity index (χ2v) is 5.75. The molecule has 1 aliphatic carbocycles. The summed E-state index contributed by atoms with van der Waals surface area (Å²) in [5.74, 6) is 0. The van der Waals surface area contributed by atoms with Gasteiger partial charge in [0.2, 0.25) is 0 Å². The van der Waals surface area contributed by atoms with Gasteiger partial charge in [-0.15, -0.1) is 0 Å². The van der Waals surface area contributed by atoms with E-state index < -0.39 is 22.4 Å². The Morgan fingerprint density at radius 3 is 2.53 bits per heavy atom. The average molecular weight is 266 g/mol. The van der Waals surface area contributed by atoms with Gasteiger partial charge in [0.15, 0.2) is 0 Å². The summed E-state index contributed by atoms with van der Waals surface area (Å²) < 4.78 is 31.2. The predicted molar refractivity (Wildman–Crippen MR) is 60.5 cm³/mol. The van der Waals surface area contributed by atoms with Crippen LogP contribution in [-0.4, -0.2) is 49.2 Å². The average Bonchev–Trinajstić information content (AvgIpc) is 2.94. The van der Waals surface area contributed by atoms with E-state index in [0.29, 0.717) is 0 Å². The van der Waals surface area contributed by atoms with Gasteiger partial charge in [-0.3, -0.25) is 0 Å². The Morgan fingerprint density at radius 2 is 2.12 bits per heavy atom. The number of aliphatic hydroxyl groups is 1. The number of hydrogen-bond acceptors (Lipinski definition) is 5. The summed E-state index contributed by atoms with van der Waals surface area (Å²) >= 11 is 0. The molecular weight excluding hydrogens is 248 g/mol. The molecule has 0 spiro atoms. The van der Waals surface area contributed by atoms with E-state index in [1.54, 1.807) is 13.8 Å². The molecule has 0 saturated heterocycles. The van der Waals surface area contributed by atoms with E-state index in [9.17, 15) is 13.2 Å². The number of nitrogens with zero attached hydrogens (tertiary/aromatic N) is 1. The van der Waals surface area contributed by atoms with Crippen molar-refractivity contribution in [3.05, 3.63) is 0 Å². The molecular formula is C9H18N2O5S. The monoisotopic (exact) mass is 266 g/mol. The minimum atomic E-state index is -3.92. The van der Waals surface area contributed by atoms with Crippen LogP contribution in [0.2, 0.25) is 0 Å². The van der Waals surface area contributed by atoms with E-state index in [-0.39, 0.29) is 19.2 Å². The van der Waals surface area contributed by atoms with Crippen LogP contribution in [0, 0.1) is 0 Å². The van der Waals surface area contributed by atoms with Crippen LogP contribution in [-0.2, 0) is 14.9 Å². The lowest BCUT2D eigenvalue weighted by molar-refractivity contribution is 0.120. The van der Waals surface area contributed by atoms with E-state index in [1.807, 2.05) is 4.72 Å². The summed E-state index contributed by atoms with van der Waals surface area (Å²) in [6.07, 6.45) is 0.112. The molecule has 0 bridgehead atoms. The van der Waals surface area contributed by atoms with Gasteiger partial charge in [-0.2, -0.15) is 12.7 Å². The van der Waals surface area contributed by atoms with Gasteiger partial charge in [-0.1, -0.05) is 0 Å². The molecule has 17 heavy (non-hydrogen) atoms. The van der Waals surface area contributed by atoms with Crippen LogP contribution < -0.4 is 4.72 Å². The van der Waals surface area contributed by atoms with Crippen molar-refractivity contribution in [2.75, 3.05) is 13.2 Å². The van der Waals surface area contributed by atoms with Crippen molar-refractivity contribution >= 4 is 16.3 Å². The summed E-state index contributed by atoms with van der Waals surface area (Å²) in [6.45, 7) is 2.95. The topological polar surface area (TPSA) is 95.9 Å². The fourth-order valence-corrected chi connectivity index (χ4v) is 2.66. The quantitative estimate of drug-likeness (QED) is 0.695. The molecule has 0 aliphatic heterocycles. The van der Waals surface area contributed by atoms with E-state index in [0.717, 1.165) is 17.1 Å². The fourth-order valence-electron chi connectivity index (χ4n) is 1.36. The van der Waals surface area contributed by atoms with E-state index >= 15 is 0 Å². The lowest BCUT2D eigenvalue weighted by Gasteiger charge is -2.21. The molecule has 1 aliphatic rings. The van der Waals surface area contributed by atoms with Gasteiger partial charge in [0.1, 0.15) is 0 Å². The molecule has 0 aromatic rings. The maximum absolute atomic E-state index is 11.8. The van der Waals surface area contributed by atoms with Crippen LogP contribution in [0.25, 0.3) is 0 Å². The molecule has 0 atom stereocenters. The van der Waals surface area contributed by atoms with Crippen molar-refractivity contribution in [3.8, 4) is 0 Å². The fraction of sp³-hybridized carbons (Fsp3) is 0.889. The van der Waals surface area contributed by atoms with Gasteiger partial charge in [0, 0.05) is 12.6 Å². The van der Waals surface area contributed by atoms with Gasteiger partial charge in [-0.25, -0.2) is 9.52 Å². The zero-order chi connectivity index (χ0) is 13.1. The lowest BCUT2D eigenvalue weighted by atomic mass is 10.5. The Kier molecular flexibility index (Phi) is 4.72. The minimum absolute atomic E-state index is 0.0189. The van der Waals surface area contributed by atoms with Crippen molar-refractivity contribution in [1.82, 2.24) is 9.03 Å². The molecule has 1 rings (SSSR count). The molecule has 100 valence electrons. The molecule has 0 aromatic heterocycles. The number of nitrogens with one attached hydrogen (secondary N) is 1. The first kappa shape index (κ1) is 14.2. The maximum atomic E-state index is 11.8. The summed E-state index contributed by atoms with van der Waals surface area (Å²) in [4.78, 5) is 11.2. The van der Waals surface area contributed by atoms with Gasteiger partial charge in [0.25, 0.3) is 0 Å². The van der Waals surface area contributed by atoms with Crippen molar-refractivity contribution in [3.63, 3.8) is 0 Å². The first-order valence-corrected chi connectivity index (χ1v) is 6.92. The third-order valence-corrected chi connectivity index (χ3v) is 3.66. The number of hydrogen-bond donors (Lipinski definition) is 2. The molecule has 2 N–H and O–H groups in total. The molecule has 0 radical (unpaired) electrons. The Morgan fingerprint density at radius 1 is 1.53 bits per heavy atom. The summed E-state index contributed by atoms with van der Waals surface area (Å²) in [5.41, 5.74) is 0. The van der Waals surface area contributed by atoms with Gasteiger partial charge >= 0.3 is 16.3 Å². The molecule has 0 aromatic carbocycles. The molecule has 1 amide bonds. The number of carbonyl (C=O) groups is 1. The highest BCUT2D eigenvalue weighted by Crippen LogP contribution is 2.28. The normalized spacial score (nSPS) is 16.3. The van der Waals surface area contributed by atoms with Crippen LogP contribution in [0.3, 0.4) is 0 Å². The summed E-state index contributed by atoms with van der Waals surface area (Å²) in [5, 5.41) is 8.81. The van der Waals surface area contributed by atoms with Crippen molar-refractivity contribution in [2.45, 2.75) is 38.8 Å². The van der Waals surface area contributed by atoms with Crippen LogP contribution >= 0.6 is 0 Å². The Labute approximate surface area is 101 Å². The Bertz CT molecular complexity index is 364. The highest BCUT2D eigenvalue weighted by atomic mass is 32.2. The summed E-state index contributed by atoms with van der Waals surface area (Å²) in [6, 6.07) is -0.119. The van der Waals surface area contributed by atoms with Gasteiger partial charge in [-0.05, 0) is 26.7 Å². The molecule has 1 saturated carbocycles. The number of amides is 1. The highest BCUT2D eigenvalue weighted by Gasteiger charge is 2.37. The lowest BCUT2D eigenvalue weighted by Crippen LogP contribution is -2.46. The zero-order valence-corrected chi connectivity index (χ0v) is 10.7. The van der Waals surface area contributed by atoms with E-state index in [2.05, 4.69) is 0 Å². The molecule has 0 heterocycles. The standard InChI is InChI=1S/C9H18N2O5S/c1-7(2)16-9(13)10-17(14,15)11(5-6-12)8-3-4-8/h7-8,12H,3-6H2,1-2H3,(H,10,13).